The highest BCUT2D eigenvalue weighted by molar-refractivity contribution is 9.09. The van der Waals surface area contributed by atoms with Crippen LogP contribution < -0.4 is 5.32 Å². The highest BCUT2D eigenvalue weighted by atomic mass is 79.9. The quantitative estimate of drug-likeness (QED) is 0.842. The molecule has 1 aromatic rings. The number of halogens is 3. The van der Waals surface area contributed by atoms with Crippen molar-refractivity contribution in [2.24, 2.45) is 5.92 Å². The third kappa shape index (κ3) is 3.96. The highest BCUT2D eigenvalue weighted by Gasteiger charge is 2.18. The zero-order valence-corrected chi connectivity index (χ0v) is 12.0. The predicted molar refractivity (Wildman–Crippen MR) is 70.9 cm³/mol. The van der Waals surface area contributed by atoms with Crippen molar-refractivity contribution in [3.63, 3.8) is 0 Å². The fourth-order valence-corrected chi connectivity index (χ4v) is 1.83. The van der Waals surface area contributed by atoms with Gasteiger partial charge in [-0.1, -0.05) is 47.4 Å². The zero-order valence-electron chi connectivity index (χ0n) is 9.64. The standard InChI is InChI=1S/C12H14BrClFNO/c1-7(2)12(16-11(17)6-13)8-3-4-9(14)10(15)5-8/h3-5,7,12H,6H2,1-2H3,(H,16,17)/t12-/m0/s1. The Labute approximate surface area is 114 Å². The largest absolute Gasteiger partial charge is 0.348 e. The third-order valence-electron chi connectivity index (χ3n) is 2.41. The van der Waals surface area contributed by atoms with Gasteiger partial charge in [-0.05, 0) is 23.6 Å². The molecule has 17 heavy (non-hydrogen) atoms. The van der Waals surface area contributed by atoms with E-state index in [4.69, 9.17) is 11.6 Å². The van der Waals surface area contributed by atoms with Crippen molar-refractivity contribution < 1.29 is 9.18 Å². The summed E-state index contributed by atoms with van der Waals surface area (Å²) < 4.78 is 13.4. The minimum atomic E-state index is -0.470. The molecule has 0 spiro atoms. The second-order valence-electron chi connectivity index (χ2n) is 4.10. The van der Waals surface area contributed by atoms with Crippen LogP contribution in [-0.4, -0.2) is 11.2 Å². The summed E-state index contributed by atoms with van der Waals surface area (Å²) in [4.78, 5) is 11.4. The van der Waals surface area contributed by atoms with Crippen molar-refractivity contribution in [3.05, 3.63) is 34.6 Å². The monoisotopic (exact) mass is 321 g/mol. The number of hydrogen-bond donors (Lipinski definition) is 1. The van der Waals surface area contributed by atoms with Crippen LogP contribution in [0.3, 0.4) is 0 Å². The molecule has 0 unspecified atom stereocenters. The maximum absolute atomic E-state index is 13.4. The van der Waals surface area contributed by atoms with Gasteiger partial charge in [0, 0.05) is 0 Å². The van der Waals surface area contributed by atoms with Gasteiger partial charge in [0.25, 0.3) is 0 Å². The van der Waals surface area contributed by atoms with Crippen LogP contribution in [0.25, 0.3) is 0 Å². The van der Waals surface area contributed by atoms with Crippen molar-refractivity contribution in [2.75, 3.05) is 5.33 Å². The lowest BCUT2D eigenvalue weighted by Gasteiger charge is -2.22. The molecule has 0 saturated heterocycles. The molecular weight excluding hydrogens is 308 g/mol. The topological polar surface area (TPSA) is 29.1 Å². The van der Waals surface area contributed by atoms with Gasteiger partial charge in [-0.2, -0.15) is 0 Å². The van der Waals surface area contributed by atoms with E-state index in [0.29, 0.717) is 0 Å². The molecule has 94 valence electrons. The second-order valence-corrected chi connectivity index (χ2v) is 5.06. The number of carbonyl (C=O) groups excluding carboxylic acids is 1. The molecular formula is C12H14BrClFNO. The van der Waals surface area contributed by atoms with Crippen LogP contribution in [-0.2, 0) is 4.79 Å². The van der Waals surface area contributed by atoms with E-state index in [2.05, 4.69) is 21.2 Å². The maximum atomic E-state index is 13.4. The molecule has 0 aliphatic rings. The van der Waals surface area contributed by atoms with E-state index in [0.717, 1.165) is 5.56 Å². The number of alkyl halides is 1. The van der Waals surface area contributed by atoms with Gasteiger partial charge in [0.1, 0.15) is 5.82 Å². The van der Waals surface area contributed by atoms with E-state index in [9.17, 15) is 9.18 Å². The summed E-state index contributed by atoms with van der Waals surface area (Å²) in [6.07, 6.45) is 0. The molecule has 1 amide bonds. The Kier molecular flexibility index (Phi) is 5.40. The maximum Gasteiger partial charge on any atom is 0.231 e. The molecule has 0 aliphatic carbocycles. The van der Waals surface area contributed by atoms with Gasteiger partial charge < -0.3 is 5.32 Å². The smallest absolute Gasteiger partial charge is 0.231 e. The Hall–Kier alpha value is -0.610. The Bertz CT molecular complexity index is 411. The van der Waals surface area contributed by atoms with Gasteiger partial charge in [0.15, 0.2) is 0 Å². The normalized spacial score (nSPS) is 12.6. The molecule has 0 bridgehead atoms. The first kappa shape index (κ1) is 14.5. The van der Waals surface area contributed by atoms with Crippen LogP contribution in [0.5, 0.6) is 0 Å². The van der Waals surface area contributed by atoms with Crippen molar-refractivity contribution in [1.29, 1.82) is 0 Å². The number of amides is 1. The zero-order chi connectivity index (χ0) is 13.0. The SMILES string of the molecule is CC(C)[C@H](NC(=O)CBr)c1ccc(Cl)c(F)c1. The van der Waals surface area contributed by atoms with Gasteiger partial charge >= 0.3 is 0 Å². The lowest BCUT2D eigenvalue weighted by Crippen LogP contribution is -2.32. The van der Waals surface area contributed by atoms with Crippen molar-refractivity contribution in [1.82, 2.24) is 5.32 Å². The lowest BCUT2D eigenvalue weighted by molar-refractivity contribution is -0.119. The molecule has 0 aliphatic heterocycles. The van der Waals surface area contributed by atoms with Gasteiger partial charge in [-0.15, -0.1) is 0 Å². The molecule has 1 aromatic carbocycles. The number of rotatable bonds is 4. The molecule has 5 heteroatoms. The van der Waals surface area contributed by atoms with E-state index in [1.165, 1.54) is 12.1 Å². The van der Waals surface area contributed by atoms with Crippen LogP contribution >= 0.6 is 27.5 Å². The highest BCUT2D eigenvalue weighted by Crippen LogP contribution is 2.25. The summed E-state index contributed by atoms with van der Waals surface area (Å²) in [6, 6.07) is 4.38. The van der Waals surface area contributed by atoms with Gasteiger partial charge in [0.2, 0.25) is 5.91 Å². The van der Waals surface area contributed by atoms with Crippen molar-refractivity contribution in [3.8, 4) is 0 Å². The number of carbonyl (C=O) groups is 1. The van der Waals surface area contributed by atoms with Crippen molar-refractivity contribution in [2.45, 2.75) is 19.9 Å². The molecule has 0 saturated carbocycles. The fourth-order valence-electron chi connectivity index (χ4n) is 1.55. The molecule has 1 rings (SSSR count). The van der Waals surface area contributed by atoms with Crippen LogP contribution in [0, 0.1) is 11.7 Å². The molecule has 0 heterocycles. The lowest BCUT2D eigenvalue weighted by atomic mass is 9.96. The molecule has 0 aromatic heterocycles. The van der Waals surface area contributed by atoms with E-state index < -0.39 is 5.82 Å². The average Bonchev–Trinajstić information content (AvgIpc) is 2.29. The van der Waals surface area contributed by atoms with Crippen LogP contribution in [0.15, 0.2) is 18.2 Å². The first-order valence-corrected chi connectivity index (χ1v) is 6.76. The fraction of sp³-hybridized carbons (Fsp3) is 0.417. The summed E-state index contributed by atoms with van der Waals surface area (Å²) in [6.45, 7) is 3.93. The first-order valence-electron chi connectivity index (χ1n) is 5.26. The summed E-state index contributed by atoms with van der Waals surface area (Å²) in [5.41, 5.74) is 0.719. The summed E-state index contributed by atoms with van der Waals surface area (Å²) in [5, 5.41) is 3.15. The number of benzene rings is 1. The Morgan fingerprint density at radius 2 is 2.18 bits per heavy atom. The molecule has 1 N–H and O–H groups in total. The summed E-state index contributed by atoms with van der Waals surface area (Å²) >= 11 is 8.71. The molecule has 1 atom stereocenters. The van der Waals surface area contributed by atoms with Crippen molar-refractivity contribution >= 4 is 33.4 Å². The van der Waals surface area contributed by atoms with Gasteiger partial charge in [-0.25, -0.2) is 4.39 Å². The van der Waals surface area contributed by atoms with Crippen LogP contribution in [0.4, 0.5) is 4.39 Å². The van der Waals surface area contributed by atoms with Crippen LogP contribution in [0.2, 0.25) is 5.02 Å². The molecule has 0 fully saturated rings. The van der Waals surface area contributed by atoms with Gasteiger partial charge in [-0.3, -0.25) is 4.79 Å². The Morgan fingerprint density at radius 3 is 2.65 bits per heavy atom. The number of hydrogen-bond acceptors (Lipinski definition) is 1. The first-order chi connectivity index (χ1) is 7.95. The second kappa shape index (κ2) is 6.36. The minimum Gasteiger partial charge on any atom is -0.348 e. The van der Waals surface area contributed by atoms with E-state index in [1.807, 2.05) is 13.8 Å². The summed E-state index contributed by atoms with van der Waals surface area (Å²) in [7, 11) is 0. The molecule has 0 radical (unpaired) electrons. The van der Waals surface area contributed by atoms with E-state index in [1.54, 1.807) is 6.07 Å². The average molecular weight is 323 g/mol. The molecule has 2 nitrogen and oxygen atoms in total. The summed E-state index contributed by atoms with van der Waals surface area (Å²) in [5.74, 6) is -0.430. The van der Waals surface area contributed by atoms with E-state index >= 15 is 0 Å². The van der Waals surface area contributed by atoms with Crippen LogP contribution in [0.1, 0.15) is 25.5 Å². The van der Waals surface area contributed by atoms with Gasteiger partial charge in [0.05, 0.1) is 16.4 Å². The predicted octanol–water partition coefficient (Wildman–Crippen LogP) is 3.69. The Balaban J connectivity index is 2.97. The minimum absolute atomic E-state index is 0.0862. The number of nitrogens with one attached hydrogen (secondary N) is 1. The van der Waals surface area contributed by atoms with E-state index in [-0.39, 0.29) is 28.2 Å². The third-order valence-corrected chi connectivity index (χ3v) is 3.22. The Morgan fingerprint density at radius 1 is 1.53 bits per heavy atom.